The molecule has 0 saturated heterocycles. The quantitative estimate of drug-likeness (QED) is 0.878. The third-order valence-electron chi connectivity index (χ3n) is 2.28. The second-order valence-electron chi connectivity index (χ2n) is 3.92. The van der Waals surface area contributed by atoms with Crippen LogP contribution in [0.15, 0.2) is 18.2 Å². The molecule has 1 aromatic carbocycles. The molecule has 5 heteroatoms. The van der Waals surface area contributed by atoms with E-state index in [9.17, 15) is 13.6 Å². The Morgan fingerprint density at radius 2 is 1.88 bits per heavy atom. The highest BCUT2D eigenvalue weighted by molar-refractivity contribution is 5.95. The average molecular weight is 238 g/mol. The molecule has 0 spiro atoms. The number of nitrogens with one attached hydrogen (secondary N) is 1. The SMILES string of the molecule is CC(C)C(C#N)NC(=O)c1c(F)cccc1F. The number of nitriles is 1. The maximum atomic E-state index is 13.3. The zero-order valence-electron chi connectivity index (χ0n) is 9.50. The van der Waals surface area contributed by atoms with Gasteiger partial charge in [0.2, 0.25) is 0 Å². The Bertz CT molecular complexity index is 446. The van der Waals surface area contributed by atoms with Crippen molar-refractivity contribution >= 4 is 5.91 Å². The summed E-state index contributed by atoms with van der Waals surface area (Å²) in [5.41, 5.74) is -0.659. The van der Waals surface area contributed by atoms with Gasteiger partial charge in [-0.2, -0.15) is 5.26 Å². The first-order valence-electron chi connectivity index (χ1n) is 5.12. The summed E-state index contributed by atoms with van der Waals surface area (Å²) in [4.78, 5) is 11.6. The summed E-state index contributed by atoms with van der Waals surface area (Å²) in [5, 5.41) is 11.1. The molecule has 1 amide bonds. The number of carbonyl (C=O) groups excluding carboxylic acids is 1. The second kappa shape index (κ2) is 5.39. The van der Waals surface area contributed by atoms with Crippen molar-refractivity contribution in [3.63, 3.8) is 0 Å². The van der Waals surface area contributed by atoms with Crippen LogP contribution in [0.4, 0.5) is 8.78 Å². The van der Waals surface area contributed by atoms with E-state index < -0.39 is 29.1 Å². The second-order valence-corrected chi connectivity index (χ2v) is 3.92. The van der Waals surface area contributed by atoms with E-state index >= 15 is 0 Å². The molecule has 0 bridgehead atoms. The van der Waals surface area contributed by atoms with Gasteiger partial charge in [-0.1, -0.05) is 19.9 Å². The van der Waals surface area contributed by atoms with Crippen LogP contribution in [0.1, 0.15) is 24.2 Å². The van der Waals surface area contributed by atoms with Gasteiger partial charge in [-0.05, 0) is 18.1 Å². The third kappa shape index (κ3) is 3.00. The Morgan fingerprint density at radius 3 is 2.29 bits per heavy atom. The van der Waals surface area contributed by atoms with E-state index in [2.05, 4.69) is 5.32 Å². The molecule has 1 rings (SSSR count). The average Bonchev–Trinajstić information content (AvgIpc) is 2.25. The fourth-order valence-corrected chi connectivity index (χ4v) is 1.28. The lowest BCUT2D eigenvalue weighted by molar-refractivity contribution is 0.0929. The maximum Gasteiger partial charge on any atom is 0.258 e. The number of carbonyl (C=O) groups is 1. The van der Waals surface area contributed by atoms with Crippen LogP contribution in [-0.4, -0.2) is 11.9 Å². The highest BCUT2D eigenvalue weighted by atomic mass is 19.1. The Balaban J connectivity index is 2.95. The van der Waals surface area contributed by atoms with E-state index in [1.165, 1.54) is 6.07 Å². The number of halogens is 2. The van der Waals surface area contributed by atoms with Crippen LogP contribution in [0.5, 0.6) is 0 Å². The minimum absolute atomic E-state index is 0.140. The molecule has 17 heavy (non-hydrogen) atoms. The van der Waals surface area contributed by atoms with Crippen LogP contribution in [0.3, 0.4) is 0 Å². The highest BCUT2D eigenvalue weighted by Gasteiger charge is 2.21. The van der Waals surface area contributed by atoms with Crippen molar-refractivity contribution in [3.8, 4) is 6.07 Å². The van der Waals surface area contributed by atoms with Crippen molar-refractivity contribution < 1.29 is 13.6 Å². The lowest BCUT2D eigenvalue weighted by atomic mass is 10.1. The number of hydrogen-bond acceptors (Lipinski definition) is 2. The predicted molar refractivity (Wildman–Crippen MR) is 58.1 cm³/mol. The molecule has 0 aliphatic rings. The van der Waals surface area contributed by atoms with E-state index in [1.807, 2.05) is 6.07 Å². The Labute approximate surface area is 98.1 Å². The Kier molecular flexibility index (Phi) is 4.16. The van der Waals surface area contributed by atoms with E-state index in [1.54, 1.807) is 13.8 Å². The summed E-state index contributed by atoms with van der Waals surface area (Å²) < 4.78 is 26.5. The Hall–Kier alpha value is -1.96. The first-order valence-corrected chi connectivity index (χ1v) is 5.12. The van der Waals surface area contributed by atoms with Gasteiger partial charge >= 0.3 is 0 Å². The van der Waals surface area contributed by atoms with Crippen molar-refractivity contribution in [2.24, 2.45) is 5.92 Å². The van der Waals surface area contributed by atoms with E-state index in [4.69, 9.17) is 5.26 Å². The summed E-state index contributed by atoms with van der Waals surface area (Å²) in [6.45, 7) is 3.46. The molecule has 1 N–H and O–H groups in total. The molecule has 0 aliphatic heterocycles. The summed E-state index contributed by atoms with van der Waals surface area (Å²) in [6.07, 6.45) is 0. The maximum absolute atomic E-state index is 13.3. The largest absolute Gasteiger partial charge is 0.336 e. The first-order chi connectivity index (χ1) is 7.97. The molecule has 0 radical (unpaired) electrons. The molecule has 1 unspecified atom stereocenters. The number of nitrogens with zero attached hydrogens (tertiary/aromatic N) is 1. The van der Waals surface area contributed by atoms with Gasteiger partial charge in [-0.25, -0.2) is 8.78 Å². The summed E-state index contributed by atoms with van der Waals surface area (Å²) in [5.74, 6) is -2.94. The highest BCUT2D eigenvalue weighted by Crippen LogP contribution is 2.12. The van der Waals surface area contributed by atoms with Gasteiger partial charge in [-0.3, -0.25) is 4.79 Å². The zero-order chi connectivity index (χ0) is 13.0. The number of amides is 1. The summed E-state index contributed by atoms with van der Waals surface area (Å²) in [7, 11) is 0. The molecular formula is C12H12F2N2O. The fourth-order valence-electron chi connectivity index (χ4n) is 1.28. The monoisotopic (exact) mass is 238 g/mol. The van der Waals surface area contributed by atoms with Crippen molar-refractivity contribution in [1.82, 2.24) is 5.32 Å². The van der Waals surface area contributed by atoms with Crippen LogP contribution < -0.4 is 5.32 Å². The molecule has 0 aromatic heterocycles. The van der Waals surface area contributed by atoms with Gasteiger partial charge in [-0.15, -0.1) is 0 Å². The molecule has 0 heterocycles. The lowest BCUT2D eigenvalue weighted by Gasteiger charge is -2.15. The third-order valence-corrected chi connectivity index (χ3v) is 2.28. The van der Waals surface area contributed by atoms with Crippen molar-refractivity contribution in [1.29, 1.82) is 5.26 Å². The lowest BCUT2D eigenvalue weighted by Crippen LogP contribution is -2.38. The Morgan fingerprint density at radius 1 is 1.35 bits per heavy atom. The zero-order valence-corrected chi connectivity index (χ0v) is 9.50. The topological polar surface area (TPSA) is 52.9 Å². The normalized spacial score (nSPS) is 12.0. The van der Waals surface area contributed by atoms with Gasteiger partial charge in [0, 0.05) is 0 Å². The smallest absolute Gasteiger partial charge is 0.258 e. The first kappa shape index (κ1) is 13.1. The molecule has 3 nitrogen and oxygen atoms in total. The van der Waals surface area contributed by atoms with Gasteiger partial charge in [0.05, 0.1) is 6.07 Å². The van der Waals surface area contributed by atoms with Gasteiger partial charge in [0.25, 0.3) is 5.91 Å². The van der Waals surface area contributed by atoms with Gasteiger partial charge in [0.15, 0.2) is 0 Å². The number of rotatable bonds is 3. The van der Waals surface area contributed by atoms with E-state index in [0.29, 0.717) is 0 Å². The minimum Gasteiger partial charge on any atom is -0.336 e. The standard InChI is InChI=1S/C12H12F2N2O/c1-7(2)10(6-15)16-12(17)11-8(13)4-3-5-9(11)14/h3-5,7,10H,1-2H3,(H,16,17). The molecule has 0 aliphatic carbocycles. The van der Waals surface area contributed by atoms with Crippen LogP contribution in [0.2, 0.25) is 0 Å². The summed E-state index contributed by atoms with van der Waals surface area (Å²) in [6, 6.07) is 4.25. The molecule has 1 aromatic rings. The molecule has 0 saturated carbocycles. The van der Waals surface area contributed by atoms with Crippen molar-refractivity contribution in [2.45, 2.75) is 19.9 Å². The molecular weight excluding hydrogens is 226 g/mol. The molecule has 0 fully saturated rings. The van der Waals surface area contributed by atoms with Gasteiger partial charge in [0.1, 0.15) is 23.2 Å². The van der Waals surface area contributed by atoms with Crippen LogP contribution in [0, 0.1) is 28.9 Å². The van der Waals surface area contributed by atoms with Crippen LogP contribution in [-0.2, 0) is 0 Å². The summed E-state index contributed by atoms with van der Waals surface area (Å²) >= 11 is 0. The minimum atomic E-state index is -0.942. The molecule has 1 atom stereocenters. The van der Waals surface area contributed by atoms with Crippen molar-refractivity contribution in [2.75, 3.05) is 0 Å². The van der Waals surface area contributed by atoms with E-state index in [-0.39, 0.29) is 5.92 Å². The number of benzene rings is 1. The predicted octanol–water partition coefficient (Wildman–Crippen LogP) is 2.24. The van der Waals surface area contributed by atoms with Gasteiger partial charge < -0.3 is 5.32 Å². The fraction of sp³-hybridized carbons (Fsp3) is 0.333. The van der Waals surface area contributed by atoms with Crippen molar-refractivity contribution in [3.05, 3.63) is 35.4 Å². The molecule has 90 valence electrons. The van der Waals surface area contributed by atoms with E-state index in [0.717, 1.165) is 12.1 Å². The van der Waals surface area contributed by atoms with Crippen LogP contribution >= 0.6 is 0 Å². The van der Waals surface area contributed by atoms with Crippen LogP contribution in [0.25, 0.3) is 0 Å². The number of hydrogen-bond donors (Lipinski definition) is 1.